The number of hydrogen-bond acceptors (Lipinski definition) is 7. The van der Waals surface area contributed by atoms with Gasteiger partial charge in [-0.1, -0.05) is 35.0 Å². The van der Waals surface area contributed by atoms with Crippen molar-refractivity contribution < 1.29 is 13.2 Å². The Morgan fingerprint density at radius 2 is 1.84 bits per heavy atom. The van der Waals surface area contributed by atoms with Crippen LogP contribution in [-0.2, 0) is 7.05 Å². The molecule has 1 atom stereocenters. The summed E-state index contributed by atoms with van der Waals surface area (Å²) in [5.74, 6) is -2.85. The van der Waals surface area contributed by atoms with E-state index in [2.05, 4.69) is 30.9 Å². The molecule has 5 rings (SSSR count). The van der Waals surface area contributed by atoms with E-state index in [0.717, 1.165) is 12.3 Å². The summed E-state index contributed by atoms with van der Waals surface area (Å²) in [4.78, 5) is 7.65. The summed E-state index contributed by atoms with van der Waals surface area (Å²) in [6, 6.07) is 11.7. The van der Waals surface area contributed by atoms with Gasteiger partial charge in [0.25, 0.3) is 0 Å². The molecule has 5 aromatic rings. The van der Waals surface area contributed by atoms with E-state index in [4.69, 9.17) is 11.6 Å². The first-order chi connectivity index (χ1) is 17.8. The minimum atomic E-state index is -1.25. The van der Waals surface area contributed by atoms with Crippen LogP contribution in [0.2, 0.25) is 5.02 Å². The van der Waals surface area contributed by atoms with E-state index in [1.165, 1.54) is 16.9 Å². The van der Waals surface area contributed by atoms with Crippen LogP contribution in [0.3, 0.4) is 0 Å². The van der Waals surface area contributed by atoms with Crippen LogP contribution in [0.5, 0.6) is 0 Å². The van der Waals surface area contributed by atoms with Crippen LogP contribution in [0.4, 0.5) is 30.2 Å². The Hall–Kier alpha value is -4.69. The molecule has 8 nitrogen and oxygen atoms in total. The molecule has 0 amide bonds. The van der Waals surface area contributed by atoms with E-state index < -0.39 is 23.6 Å². The molecular weight excluding hydrogens is 505 g/mol. The van der Waals surface area contributed by atoms with Crippen LogP contribution in [0.25, 0.3) is 10.9 Å². The van der Waals surface area contributed by atoms with Gasteiger partial charge in [-0.25, -0.2) is 13.8 Å². The molecule has 37 heavy (non-hydrogen) atoms. The van der Waals surface area contributed by atoms with Gasteiger partial charge in [-0.3, -0.25) is 9.67 Å². The molecule has 2 aromatic carbocycles. The quantitative estimate of drug-likeness (QED) is 0.279. The van der Waals surface area contributed by atoms with Gasteiger partial charge in [-0.05, 0) is 18.2 Å². The molecule has 0 aliphatic carbocycles. The number of aromatic nitrogens is 5. The maximum absolute atomic E-state index is 14.8. The molecule has 0 fully saturated rings. The van der Waals surface area contributed by atoms with Gasteiger partial charge < -0.3 is 10.6 Å². The third-order valence-electron chi connectivity index (χ3n) is 5.55. The van der Waals surface area contributed by atoms with Gasteiger partial charge in [0.15, 0.2) is 5.82 Å². The SMILES string of the molecule is Cn1cc(C(Nc2cc(Cl)c3ncc(C#N)c(Nc4cnc(F)c(F)c4)c3c2)c2ccccc2F)nn1. The second-order valence-electron chi connectivity index (χ2n) is 8.05. The van der Waals surface area contributed by atoms with Crippen LogP contribution in [0, 0.1) is 28.9 Å². The molecule has 184 valence electrons. The normalized spacial score (nSPS) is 11.8. The van der Waals surface area contributed by atoms with Crippen LogP contribution in [0.1, 0.15) is 22.9 Å². The second-order valence-corrected chi connectivity index (χ2v) is 8.46. The lowest BCUT2D eigenvalue weighted by Gasteiger charge is -2.20. The summed E-state index contributed by atoms with van der Waals surface area (Å²) in [5, 5.41) is 24.6. The fraction of sp³-hybridized carbons (Fsp3) is 0.0800. The Morgan fingerprint density at radius 3 is 2.54 bits per heavy atom. The van der Waals surface area contributed by atoms with Crippen molar-refractivity contribution in [2.45, 2.75) is 6.04 Å². The smallest absolute Gasteiger partial charge is 0.249 e. The Morgan fingerprint density at radius 1 is 1.03 bits per heavy atom. The van der Waals surface area contributed by atoms with E-state index in [1.54, 1.807) is 43.6 Å². The maximum atomic E-state index is 14.8. The minimum Gasteiger partial charge on any atom is -0.373 e. The van der Waals surface area contributed by atoms with Gasteiger partial charge in [0.1, 0.15) is 23.6 Å². The molecule has 0 spiro atoms. The number of nitrogens with one attached hydrogen (secondary N) is 2. The summed E-state index contributed by atoms with van der Waals surface area (Å²) in [6.07, 6.45) is 4.07. The Labute approximate surface area is 213 Å². The zero-order valence-electron chi connectivity index (χ0n) is 19.0. The number of anilines is 3. The lowest BCUT2D eigenvalue weighted by atomic mass is 10.0. The largest absolute Gasteiger partial charge is 0.373 e. The van der Waals surface area contributed by atoms with Crippen molar-refractivity contribution in [1.82, 2.24) is 25.0 Å². The van der Waals surface area contributed by atoms with Crippen LogP contribution >= 0.6 is 11.6 Å². The number of pyridine rings is 2. The number of fused-ring (bicyclic) bond motifs is 1. The molecule has 0 aliphatic rings. The van der Waals surface area contributed by atoms with Gasteiger partial charge in [-0.15, -0.1) is 5.10 Å². The molecule has 0 radical (unpaired) electrons. The summed E-state index contributed by atoms with van der Waals surface area (Å²) < 4.78 is 43.4. The monoisotopic (exact) mass is 520 g/mol. The summed E-state index contributed by atoms with van der Waals surface area (Å²) in [7, 11) is 1.70. The van der Waals surface area contributed by atoms with Crippen LogP contribution in [0.15, 0.2) is 61.1 Å². The second kappa shape index (κ2) is 9.75. The summed E-state index contributed by atoms with van der Waals surface area (Å²) in [6.45, 7) is 0. The molecule has 12 heteroatoms. The topological polar surface area (TPSA) is 104 Å². The van der Waals surface area contributed by atoms with Gasteiger partial charge in [-0.2, -0.15) is 9.65 Å². The molecule has 0 aliphatic heterocycles. The van der Waals surface area contributed by atoms with Gasteiger partial charge >= 0.3 is 0 Å². The first-order valence-corrected chi connectivity index (χ1v) is 11.2. The number of nitriles is 1. The third-order valence-corrected chi connectivity index (χ3v) is 5.84. The van der Waals surface area contributed by atoms with Gasteiger partial charge in [0.05, 0.1) is 39.9 Å². The highest BCUT2D eigenvalue weighted by atomic mass is 35.5. The number of halogens is 4. The number of aryl methyl sites for hydroxylation is 1. The van der Waals surface area contributed by atoms with E-state index >= 15 is 0 Å². The maximum Gasteiger partial charge on any atom is 0.249 e. The minimum absolute atomic E-state index is 0.112. The van der Waals surface area contributed by atoms with Crippen molar-refractivity contribution >= 4 is 39.6 Å². The zero-order chi connectivity index (χ0) is 26.1. The Balaban J connectivity index is 1.63. The first-order valence-electron chi connectivity index (χ1n) is 10.8. The number of rotatable bonds is 6. The summed E-state index contributed by atoms with van der Waals surface area (Å²) >= 11 is 6.55. The highest BCUT2D eigenvalue weighted by Gasteiger charge is 2.22. The predicted molar refractivity (Wildman–Crippen MR) is 132 cm³/mol. The summed E-state index contributed by atoms with van der Waals surface area (Å²) in [5.41, 5.74) is 2.10. The molecule has 3 aromatic heterocycles. The van der Waals surface area contributed by atoms with Crippen molar-refractivity contribution in [3.63, 3.8) is 0 Å². The lowest BCUT2D eigenvalue weighted by Crippen LogP contribution is -2.15. The van der Waals surface area contributed by atoms with Gasteiger partial charge in [0.2, 0.25) is 5.95 Å². The predicted octanol–water partition coefficient (Wildman–Crippen LogP) is 5.65. The number of benzene rings is 2. The highest BCUT2D eigenvalue weighted by Crippen LogP contribution is 2.37. The average molecular weight is 521 g/mol. The molecule has 3 heterocycles. The number of hydrogen-bond donors (Lipinski definition) is 2. The fourth-order valence-electron chi connectivity index (χ4n) is 3.88. The third kappa shape index (κ3) is 4.74. The molecular formula is C25H16ClF3N8. The standard InChI is InChI=1S/C25H16ClF3N8/c1-37-12-21(35-36-37)24(16-4-2-3-5-19(16)27)33-14-6-17-22(34-15-8-20(28)25(29)32-11-15)13(9-30)10-31-23(17)18(26)7-14/h2-8,10-12,24,33H,1H3,(H,31,34). The van der Waals surface area contributed by atoms with Crippen molar-refractivity contribution in [2.24, 2.45) is 7.05 Å². The van der Waals surface area contributed by atoms with Crippen molar-refractivity contribution in [3.05, 3.63) is 100 Å². The molecule has 2 N–H and O–H groups in total. The molecule has 0 bridgehead atoms. The van der Waals surface area contributed by atoms with Gasteiger partial charge in [0, 0.05) is 35.9 Å². The molecule has 1 unspecified atom stereocenters. The average Bonchev–Trinajstić information content (AvgIpc) is 3.31. The lowest BCUT2D eigenvalue weighted by molar-refractivity contribution is 0.480. The van der Waals surface area contributed by atoms with E-state index in [1.807, 2.05) is 6.07 Å². The Kier molecular flexibility index (Phi) is 6.33. The van der Waals surface area contributed by atoms with Crippen molar-refractivity contribution in [3.8, 4) is 6.07 Å². The van der Waals surface area contributed by atoms with E-state index in [0.29, 0.717) is 27.8 Å². The zero-order valence-corrected chi connectivity index (χ0v) is 19.8. The molecule has 0 saturated heterocycles. The fourth-order valence-corrected chi connectivity index (χ4v) is 4.15. The first kappa shape index (κ1) is 24.0. The number of nitrogens with zero attached hydrogens (tertiary/aromatic N) is 6. The van der Waals surface area contributed by atoms with Crippen LogP contribution in [-0.4, -0.2) is 25.0 Å². The highest BCUT2D eigenvalue weighted by molar-refractivity contribution is 6.36. The Bertz CT molecular complexity index is 1680. The van der Waals surface area contributed by atoms with Crippen molar-refractivity contribution in [2.75, 3.05) is 10.6 Å². The van der Waals surface area contributed by atoms with E-state index in [-0.39, 0.29) is 22.0 Å². The molecule has 0 saturated carbocycles. The van der Waals surface area contributed by atoms with Crippen LogP contribution < -0.4 is 10.6 Å². The van der Waals surface area contributed by atoms with Crippen molar-refractivity contribution in [1.29, 1.82) is 5.26 Å². The van der Waals surface area contributed by atoms with E-state index in [9.17, 15) is 18.4 Å².